The Kier molecular flexibility index (Phi) is 4.43. The van der Waals surface area contributed by atoms with E-state index in [4.69, 9.17) is 5.73 Å². The maximum absolute atomic E-state index is 12.2. The molecule has 3 unspecified atom stereocenters. The van der Waals surface area contributed by atoms with Gasteiger partial charge in [-0.15, -0.1) is 0 Å². The monoisotopic (exact) mass is 238 g/mol. The molecular weight excluding hydrogens is 212 g/mol. The lowest BCUT2D eigenvalue weighted by atomic mass is 9.85. The average Bonchev–Trinajstić information content (AvgIpc) is 2.72. The van der Waals surface area contributed by atoms with Gasteiger partial charge in [-0.25, -0.2) is 0 Å². The largest absolute Gasteiger partial charge is 0.339 e. The van der Waals surface area contributed by atoms with Crippen molar-refractivity contribution in [2.75, 3.05) is 6.54 Å². The van der Waals surface area contributed by atoms with Crippen LogP contribution in [-0.2, 0) is 4.79 Å². The molecule has 3 heteroatoms. The van der Waals surface area contributed by atoms with Crippen LogP contribution in [0.2, 0.25) is 0 Å². The normalized spacial score (nSPS) is 30.1. The maximum Gasteiger partial charge on any atom is 0.222 e. The predicted octanol–water partition coefficient (Wildman–Crippen LogP) is 2.29. The Labute approximate surface area is 105 Å². The smallest absolute Gasteiger partial charge is 0.222 e. The molecular formula is C14H26N2O. The van der Waals surface area contributed by atoms with E-state index in [2.05, 4.69) is 4.90 Å². The first-order chi connectivity index (χ1) is 8.18. The minimum absolute atomic E-state index is 0.226. The second-order valence-corrected chi connectivity index (χ2v) is 5.86. The number of nitrogens with zero attached hydrogens (tertiary/aromatic N) is 1. The molecule has 2 fully saturated rings. The van der Waals surface area contributed by atoms with Crippen molar-refractivity contribution in [3.8, 4) is 0 Å². The Morgan fingerprint density at radius 2 is 2.12 bits per heavy atom. The van der Waals surface area contributed by atoms with Gasteiger partial charge in [0.1, 0.15) is 0 Å². The summed E-state index contributed by atoms with van der Waals surface area (Å²) in [5.41, 5.74) is 5.71. The topological polar surface area (TPSA) is 46.3 Å². The highest BCUT2D eigenvalue weighted by Gasteiger charge is 2.37. The minimum Gasteiger partial charge on any atom is -0.339 e. The van der Waals surface area contributed by atoms with Crippen molar-refractivity contribution >= 4 is 5.91 Å². The lowest BCUT2D eigenvalue weighted by molar-refractivity contribution is -0.132. The standard InChI is InChI=1S/C14H26N2O/c1-11(15)5-4-8-14(17)16-10-9-12-6-2-3-7-13(12)16/h11-13H,2-10,15H2,1H3. The van der Waals surface area contributed by atoms with Crippen molar-refractivity contribution in [1.82, 2.24) is 4.90 Å². The quantitative estimate of drug-likeness (QED) is 0.817. The first-order valence-corrected chi connectivity index (χ1v) is 7.23. The predicted molar refractivity (Wildman–Crippen MR) is 69.6 cm³/mol. The highest BCUT2D eigenvalue weighted by molar-refractivity contribution is 5.76. The van der Waals surface area contributed by atoms with Gasteiger partial charge < -0.3 is 10.6 Å². The molecule has 0 radical (unpaired) electrons. The van der Waals surface area contributed by atoms with Crippen LogP contribution in [-0.4, -0.2) is 29.4 Å². The summed E-state index contributed by atoms with van der Waals surface area (Å²) in [7, 11) is 0. The van der Waals surface area contributed by atoms with E-state index >= 15 is 0 Å². The molecule has 0 spiro atoms. The van der Waals surface area contributed by atoms with Gasteiger partial charge in [-0.2, -0.15) is 0 Å². The van der Waals surface area contributed by atoms with Gasteiger partial charge >= 0.3 is 0 Å². The Morgan fingerprint density at radius 1 is 1.35 bits per heavy atom. The summed E-state index contributed by atoms with van der Waals surface area (Å²) >= 11 is 0. The zero-order chi connectivity index (χ0) is 12.3. The molecule has 1 amide bonds. The van der Waals surface area contributed by atoms with Gasteiger partial charge in [0.2, 0.25) is 5.91 Å². The van der Waals surface area contributed by atoms with E-state index in [1.165, 1.54) is 32.1 Å². The molecule has 1 saturated carbocycles. The molecule has 1 aliphatic heterocycles. The van der Waals surface area contributed by atoms with E-state index in [1.54, 1.807) is 0 Å². The van der Waals surface area contributed by atoms with Crippen LogP contribution in [0.25, 0.3) is 0 Å². The summed E-state index contributed by atoms with van der Waals surface area (Å²) in [6.07, 6.45) is 9.11. The Morgan fingerprint density at radius 3 is 2.88 bits per heavy atom. The van der Waals surface area contributed by atoms with Gasteiger partial charge in [0.25, 0.3) is 0 Å². The van der Waals surface area contributed by atoms with Crippen LogP contribution in [0.1, 0.15) is 58.3 Å². The summed E-state index contributed by atoms with van der Waals surface area (Å²) in [4.78, 5) is 14.3. The second kappa shape index (κ2) is 5.85. The molecule has 2 N–H and O–H groups in total. The van der Waals surface area contributed by atoms with Crippen LogP contribution in [0.5, 0.6) is 0 Å². The molecule has 98 valence electrons. The van der Waals surface area contributed by atoms with E-state index in [9.17, 15) is 4.79 Å². The van der Waals surface area contributed by atoms with Crippen molar-refractivity contribution in [1.29, 1.82) is 0 Å². The molecule has 0 aromatic rings. The number of hydrogen-bond donors (Lipinski definition) is 1. The number of fused-ring (bicyclic) bond motifs is 1. The van der Waals surface area contributed by atoms with Crippen LogP contribution >= 0.6 is 0 Å². The first kappa shape index (κ1) is 12.9. The van der Waals surface area contributed by atoms with E-state index in [0.29, 0.717) is 18.4 Å². The summed E-state index contributed by atoms with van der Waals surface area (Å²) < 4.78 is 0. The Bertz CT molecular complexity index is 265. The fourth-order valence-corrected chi connectivity index (χ4v) is 3.43. The van der Waals surface area contributed by atoms with Crippen molar-refractivity contribution in [3.05, 3.63) is 0 Å². The van der Waals surface area contributed by atoms with Gasteiger partial charge in [-0.05, 0) is 44.9 Å². The molecule has 1 heterocycles. The SMILES string of the molecule is CC(N)CCCC(=O)N1CCC2CCCCC21. The highest BCUT2D eigenvalue weighted by Crippen LogP contribution is 2.36. The van der Waals surface area contributed by atoms with Crippen molar-refractivity contribution in [3.63, 3.8) is 0 Å². The molecule has 3 atom stereocenters. The number of likely N-dealkylation sites (tertiary alicyclic amines) is 1. The van der Waals surface area contributed by atoms with Crippen molar-refractivity contribution < 1.29 is 4.79 Å². The first-order valence-electron chi connectivity index (χ1n) is 7.23. The van der Waals surface area contributed by atoms with Gasteiger partial charge in [-0.3, -0.25) is 4.79 Å². The molecule has 2 rings (SSSR count). The molecule has 17 heavy (non-hydrogen) atoms. The Balaban J connectivity index is 1.79. The third kappa shape index (κ3) is 3.21. The lowest BCUT2D eigenvalue weighted by Gasteiger charge is -2.31. The summed E-state index contributed by atoms with van der Waals surface area (Å²) in [6.45, 7) is 3.02. The van der Waals surface area contributed by atoms with Gasteiger partial charge in [0.15, 0.2) is 0 Å². The molecule has 0 bridgehead atoms. The van der Waals surface area contributed by atoms with Crippen LogP contribution in [0.15, 0.2) is 0 Å². The number of hydrogen-bond acceptors (Lipinski definition) is 2. The number of carbonyl (C=O) groups excluding carboxylic acids is 1. The van der Waals surface area contributed by atoms with Crippen molar-refractivity contribution in [2.24, 2.45) is 11.7 Å². The van der Waals surface area contributed by atoms with E-state index in [1.807, 2.05) is 6.92 Å². The Hall–Kier alpha value is -0.570. The van der Waals surface area contributed by atoms with Crippen molar-refractivity contribution in [2.45, 2.75) is 70.4 Å². The molecule has 3 nitrogen and oxygen atoms in total. The van der Waals surface area contributed by atoms with Crippen LogP contribution in [0, 0.1) is 5.92 Å². The van der Waals surface area contributed by atoms with E-state index in [-0.39, 0.29) is 6.04 Å². The maximum atomic E-state index is 12.2. The minimum atomic E-state index is 0.226. The van der Waals surface area contributed by atoms with Crippen LogP contribution in [0.4, 0.5) is 0 Å². The summed E-state index contributed by atoms with van der Waals surface area (Å²) in [5.74, 6) is 1.18. The number of rotatable bonds is 4. The average molecular weight is 238 g/mol. The molecule has 0 aromatic carbocycles. The lowest BCUT2D eigenvalue weighted by Crippen LogP contribution is -2.39. The van der Waals surface area contributed by atoms with Gasteiger partial charge in [0.05, 0.1) is 0 Å². The van der Waals surface area contributed by atoms with E-state index in [0.717, 1.165) is 25.3 Å². The zero-order valence-electron chi connectivity index (χ0n) is 11.0. The fourth-order valence-electron chi connectivity index (χ4n) is 3.43. The number of carbonyl (C=O) groups is 1. The van der Waals surface area contributed by atoms with E-state index < -0.39 is 0 Å². The zero-order valence-corrected chi connectivity index (χ0v) is 11.0. The highest BCUT2D eigenvalue weighted by atomic mass is 16.2. The molecule has 1 aliphatic carbocycles. The number of nitrogens with two attached hydrogens (primary N) is 1. The van der Waals surface area contributed by atoms with Crippen LogP contribution < -0.4 is 5.73 Å². The second-order valence-electron chi connectivity index (χ2n) is 5.86. The molecule has 2 aliphatic rings. The van der Waals surface area contributed by atoms with Gasteiger partial charge in [0, 0.05) is 25.0 Å². The fraction of sp³-hybridized carbons (Fsp3) is 0.929. The summed E-state index contributed by atoms with van der Waals surface area (Å²) in [5, 5.41) is 0. The van der Waals surface area contributed by atoms with Gasteiger partial charge in [-0.1, -0.05) is 12.8 Å². The third-order valence-corrected chi connectivity index (χ3v) is 4.38. The summed E-state index contributed by atoms with van der Waals surface area (Å²) in [6, 6.07) is 0.801. The van der Waals surface area contributed by atoms with Crippen LogP contribution in [0.3, 0.4) is 0 Å². The number of amides is 1. The third-order valence-electron chi connectivity index (χ3n) is 4.38. The molecule has 1 saturated heterocycles. The molecule has 0 aromatic heterocycles.